The molecule has 6 heteroatoms. The van der Waals surface area contributed by atoms with Crippen LogP contribution < -0.4 is 11.1 Å². The molecule has 0 spiro atoms. The van der Waals surface area contributed by atoms with E-state index in [9.17, 15) is 4.79 Å². The predicted octanol–water partition coefficient (Wildman–Crippen LogP) is 0.572. The third kappa shape index (κ3) is 2.72. The molecule has 0 aliphatic heterocycles. The Morgan fingerprint density at radius 1 is 1.50 bits per heavy atom. The summed E-state index contributed by atoms with van der Waals surface area (Å²) >= 11 is 0. The van der Waals surface area contributed by atoms with Crippen LogP contribution in [-0.2, 0) is 0 Å². The predicted molar refractivity (Wildman–Crippen MR) is 50.6 cm³/mol. The number of nitrogens with two attached hydrogens (primary N) is 1. The van der Waals surface area contributed by atoms with Gasteiger partial charge < -0.3 is 11.1 Å². The summed E-state index contributed by atoms with van der Waals surface area (Å²) in [5, 5.41) is 9.38. The van der Waals surface area contributed by atoms with E-state index < -0.39 is 0 Å². The zero-order chi connectivity index (χ0) is 10.4. The lowest BCUT2D eigenvalue weighted by molar-refractivity contribution is 0.0943. The first-order chi connectivity index (χ1) is 6.75. The van der Waals surface area contributed by atoms with Crippen molar-refractivity contribution in [1.82, 2.24) is 15.6 Å². The van der Waals surface area contributed by atoms with Crippen LogP contribution in [0.15, 0.2) is 4.63 Å². The molecule has 0 saturated carbocycles. The van der Waals surface area contributed by atoms with Crippen LogP contribution in [0.25, 0.3) is 0 Å². The van der Waals surface area contributed by atoms with Crippen LogP contribution in [0.2, 0.25) is 0 Å². The highest BCUT2D eigenvalue weighted by Crippen LogP contribution is 2.03. The topological polar surface area (TPSA) is 94.0 Å². The summed E-state index contributed by atoms with van der Waals surface area (Å²) in [7, 11) is 0. The van der Waals surface area contributed by atoms with Crippen molar-refractivity contribution in [3.05, 3.63) is 5.69 Å². The van der Waals surface area contributed by atoms with Gasteiger partial charge in [0, 0.05) is 6.54 Å². The fourth-order valence-electron chi connectivity index (χ4n) is 1.01. The molecule has 1 amide bonds. The van der Waals surface area contributed by atoms with Crippen molar-refractivity contribution in [2.45, 2.75) is 26.2 Å². The standard InChI is InChI=1S/C8H14N4O2/c1-2-3-4-5-10-8(13)6-7(9)12-14-11-6/h2-5H2,1H3,(H2,9,12)(H,10,13). The molecular formula is C8H14N4O2. The van der Waals surface area contributed by atoms with E-state index in [1.54, 1.807) is 0 Å². The molecule has 1 aromatic rings. The van der Waals surface area contributed by atoms with E-state index in [1.807, 2.05) is 0 Å². The molecule has 14 heavy (non-hydrogen) atoms. The van der Waals surface area contributed by atoms with E-state index in [-0.39, 0.29) is 17.4 Å². The number of carbonyl (C=O) groups excluding carboxylic acids is 1. The van der Waals surface area contributed by atoms with Crippen LogP contribution in [0.4, 0.5) is 5.82 Å². The zero-order valence-electron chi connectivity index (χ0n) is 8.12. The third-order valence-corrected chi connectivity index (χ3v) is 1.79. The van der Waals surface area contributed by atoms with Crippen molar-refractivity contribution in [1.29, 1.82) is 0 Å². The molecule has 1 aromatic heterocycles. The van der Waals surface area contributed by atoms with Crippen molar-refractivity contribution >= 4 is 11.7 Å². The fraction of sp³-hybridized carbons (Fsp3) is 0.625. The molecule has 6 nitrogen and oxygen atoms in total. The van der Waals surface area contributed by atoms with Gasteiger partial charge in [-0.1, -0.05) is 19.8 Å². The van der Waals surface area contributed by atoms with E-state index in [0.29, 0.717) is 6.54 Å². The molecule has 0 aliphatic rings. The van der Waals surface area contributed by atoms with E-state index in [0.717, 1.165) is 19.3 Å². The first-order valence-electron chi connectivity index (χ1n) is 4.62. The van der Waals surface area contributed by atoms with Crippen molar-refractivity contribution in [3.63, 3.8) is 0 Å². The Morgan fingerprint density at radius 2 is 2.29 bits per heavy atom. The van der Waals surface area contributed by atoms with Gasteiger partial charge in [-0.15, -0.1) is 0 Å². The van der Waals surface area contributed by atoms with Crippen LogP contribution in [0.3, 0.4) is 0 Å². The first kappa shape index (κ1) is 10.5. The van der Waals surface area contributed by atoms with Gasteiger partial charge in [0.25, 0.3) is 5.91 Å². The molecular weight excluding hydrogens is 184 g/mol. The van der Waals surface area contributed by atoms with Gasteiger partial charge >= 0.3 is 0 Å². The van der Waals surface area contributed by atoms with Gasteiger partial charge in [-0.25, -0.2) is 4.63 Å². The highest BCUT2D eigenvalue weighted by molar-refractivity contribution is 5.95. The average Bonchev–Trinajstić information content (AvgIpc) is 2.59. The second kappa shape index (κ2) is 5.21. The molecule has 3 N–H and O–H groups in total. The van der Waals surface area contributed by atoms with E-state index in [2.05, 4.69) is 27.2 Å². The summed E-state index contributed by atoms with van der Waals surface area (Å²) in [6.45, 7) is 2.72. The van der Waals surface area contributed by atoms with Gasteiger partial charge in [0.15, 0.2) is 0 Å². The van der Waals surface area contributed by atoms with Crippen molar-refractivity contribution in [2.75, 3.05) is 12.3 Å². The van der Waals surface area contributed by atoms with Crippen LogP contribution >= 0.6 is 0 Å². The van der Waals surface area contributed by atoms with E-state index in [1.165, 1.54) is 0 Å². The molecule has 1 heterocycles. The zero-order valence-corrected chi connectivity index (χ0v) is 8.12. The molecule has 1 rings (SSSR count). The van der Waals surface area contributed by atoms with Crippen LogP contribution in [0.1, 0.15) is 36.7 Å². The number of aromatic nitrogens is 2. The molecule has 0 fully saturated rings. The molecule has 0 aliphatic carbocycles. The van der Waals surface area contributed by atoms with Gasteiger partial charge in [-0.2, -0.15) is 0 Å². The van der Waals surface area contributed by atoms with Gasteiger partial charge in [0.2, 0.25) is 11.5 Å². The second-order valence-electron chi connectivity index (χ2n) is 2.96. The number of unbranched alkanes of at least 4 members (excludes halogenated alkanes) is 2. The lowest BCUT2D eigenvalue weighted by atomic mass is 10.2. The van der Waals surface area contributed by atoms with Gasteiger partial charge in [-0.05, 0) is 16.7 Å². The Hall–Kier alpha value is -1.59. The van der Waals surface area contributed by atoms with Crippen LogP contribution in [0.5, 0.6) is 0 Å². The second-order valence-corrected chi connectivity index (χ2v) is 2.96. The lowest BCUT2D eigenvalue weighted by Crippen LogP contribution is -2.25. The average molecular weight is 198 g/mol. The number of hydrogen-bond donors (Lipinski definition) is 2. The maximum Gasteiger partial charge on any atom is 0.277 e. The Labute approximate surface area is 81.8 Å². The number of nitrogens with one attached hydrogen (secondary N) is 1. The summed E-state index contributed by atoms with van der Waals surface area (Å²) in [5.41, 5.74) is 5.40. The summed E-state index contributed by atoms with van der Waals surface area (Å²) in [6.07, 6.45) is 3.16. The number of nitrogen functional groups attached to an aromatic ring is 1. The van der Waals surface area contributed by atoms with Gasteiger partial charge in [0.05, 0.1) is 0 Å². The van der Waals surface area contributed by atoms with Gasteiger partial charge in [0.1, 0.15) is 0 Å². The number of carbonyl (C=O) groups is 1. The summed E-state index contributed by atoms with van der Waals surface area (Å²) in [4.78, 5) is 11.3. The number of nitrogens with zero attached hydrogens (tertiary/aromatic N) is 2. The molecule has 0 radical (unpaired) electrons. The molecule has 78 valence electrons. The minimum absolute atomic E-state index is 0.0259. The maximum absolute atomic E-state index is 11.3. The lowest BCUT2D eigenvalue weighted by Gasteiger charge is -2.00. The molecule has 0 unspecified atom stereocenters. The highest BCUT2D eigenvalue weighted by Gasteiger charge is 2.14. The Balaban J connectivity index is 2.32. The Morgan fingerprint density at radius 3 is 2.86 bits per heavy atom. The highest BCUT2D eigenvalue weighted by atomic mass is 16.6. The number of amides is 1. The number of anilines is 1. The van der Waals surface area contributed by atoms with Crippen molar-refractivity contribution in [3.8, 4) is 0 Å². The number of hydrogen-bond acceptors (Lipinski definition) is 5. The minimum atomic E-state index is -0.333. The Kier molecular flexibility index (Phi) is 3.90. The smallest absolute Gasteiger partial charge is 0.277 e. The molecule has 0 saturated heterocycles. The molecule has 0 aromatic carbocycles. The number of rotatable bonds is 5. The van der Waals surface area contributed by atoms with E-state index >= 15 is 0 Å². The van der Waals surface area contributed by atoms with E-state index in [4.69, 9.17) is 5.73 Å². The Bertz CT molecular complexity index is 297. The maximum atomic E-state index is 11.3. The van der Waals surface area contributed by atoms with Crippen molar-refractivity contribution < 1.29 is 9.42 Å². The quantitative estimate of drug-likeness (QED) is 0.674. The van der Waals surface area contributed by atoms with Crippen LogP contribution in [-0.4, -0.2) is 22.8 Å². The minimum Gasteiger partial charge on any atom is -0.379 e. The summed E-state index contributed by atoms with van der Waals surface area (Å²) in [5.74, 6) is -0.308. The van der Waals surface area contributed by atoms with Crippen LogP contribution in [0, 0.1) is 0 Å². The SMILES string of the molecule is CCCCCNC(=O)c1nonc1N. The normalized spacial score (nSPS) is 10.1. The fourth-order valence-corrected chi connectivity index (χ4v) is 1.01. The largest absolute Gasteiger partial charge is 0.379 e. The summed E-state index contributed by atoms with van der Waals surface area (Å²) in [6, 6.07) is 0. The molecule has 0 atom stereocenters. The summed E-state index contributed by atoms with van der Waals surface area (Å²) < 4.78 is 4.31. The molecule has 0 bridgehead atoms. The van der Waals surface area contributed by atoms with Gasteiger partial charge in [-0.3, -0.25) is 4.79 Å². The van der Waals surface area contributed by atoms with Crippen molar-refractivity contribution in [2.24, 2.45) is 0 Å². The third-order valence-electron chi connectivity index (χ3n) is 1.79. The monoisotopic (exact) mass is 198 g/mol. The first-order valence-corrected chi connectivity index (χ1v) is 4.62.